The lowest BCUT2D eigenvalue weighted by atomic mass is 10.3. The van der Waals surface area contributed by atoms with Gasteiger partial charge in [0.1, 0.15) is 12.4 Å². The Hall–Kier alpha value is -4.46. The first kappa shape index (κ1) is 36.3. The standard InChI is InChI=1S/C39H50N8O4/c1-5-48-26-22-44-34(45(23-27-49-6-2)37-36(44)40-30-16-12-13-17-31(30)41-37)20-10-9-11-21-35-46(24-28-50-7-3)38-39(47(35)25-29-51-8-4)43-33-19-15-14-18-32(33)42-38/h9-21,34H,5-8,22-29H2,1-4H3/p+1/b11-9+,20-10+. The number of rotatable bonds is 19. The van der Waals surface area contributed by atoms with Crippen LogP contribution in [0.2, 0.25) is 0 Å². The Bertz CT molecular complexity index is 1720. The number of hydrogen-bond acceptors (Lipinski definition) is 11. The number of aromatic nitrogens is 4. The maximum absolute atomic E-state index is 5.83. The molecule has 0 saturated heterocycles. The van der Waals surface area contributed by atoms with Crippen LogP contribution in [0.4, 0.5) is 23.3 Å². The molecule has 0 spiro atoms. The molecule has 4 aromatic rings. The molecule has 2 unspecified atom stereocenters. The third kappa shape index (κ3) is 8.37. The lowest BCUT2D eigenvalue weighted by Gasteiger charge is -2.25. The maximum Gasteiger partial charge on any atom is 0.272 e. The third-order valence-electron chi connectivity index (χ3n) is 8.91. The number of nitrogens with zero attached hydrogens (tertiary/aromatic N) is 7. The van der Waals surface area contributed by atoms with Crippen molar-refractivity contribution < 1.29 is 23.8 Å². The van der Waals surface area contributed by atoms with Crippen LogP contribution in [0.5, 0.6) is 0 Å². The average molecular weight is 696 g/mol. The second-order valence-corrected chi connectivity index (χ2v) is 12.0. The van der Waals surface area contributed by atoms with Crippen LogP contribution < -0.4 is 19.6 Å². The molecule has 51 heavy (non-hydrogen) atoms. The topological polar surface area (TPSA) is 103 Å². The molecule has 4 heterocycles. The molecule has 0 bridgehead atoms. The predicted molar refractivity (Wildman–Crippen MR) is 203 cm³/mol. The summed E-state index contributed by atoms with van der Waals surface area (Å²) in [7, 11) is 0. The zero-order chi connectivity index (χ0) is 35.4. The van der Waals surface area contributed by atoms with E-state index in [0.29, 0.717) is 72.5 Å². The average Bonchev–Trinajstić information content (AvgIpc) is 3.59. The normalized spacial score (nSPS) is 17.2. The molecule has 12 heteroatoms. The minimum atomic E-state index is -0.0306. The SMILES string of the molecule is CCOCCN1C(=C/C=C/C=C/C2N(CCOCC)c3nc4ccccc4nc3[NH+]2CCOCC)N(CCOCC)c2nc3ccccc3nc21. The highest BCUT2D eigenvalue weighted by molar-refractivity contribution is 5.86. The van der Waals surface area contributed by atoms with Gasteiger partial charge >= 0.3 is 0 Å². The van der Waals surface area contributed by atoms with Crippen LogP contribution in [-0.2, 0) is 18.9 Å². The van der Waals surface area contributed by atoms with Gasteiger partial charge < -0.3 is 28.7 Å². The van der Waals surface area contributed by atoms with Crippen molar-refractivity contribution in [2.24, 2.45) is 0 Å². The van der Waals surface area contributed by atoms with E-state index in [2.05, 4.69) is 45.1 Å². The minimum Gasteiger partial charge on any atom is -0.380 e. The van der Waals surface area contributed by atoms with Gasteiger partial charge in [0.05, 0.1) is 48.5 Å². The number of anilines is 3. The van der Waals surface area contributed by atoms with Crippen molar-refractivity contribution >= 4 is 45.3 Å². The van der Waals surface area contributed by atoms with E-state index in [0.717, 1.165) is 57.7 Å². The van der Waals surface area contributed by atoms with E-state index >= 15 is 0 Å². The van der Waals surface area contributed by atoms with E-state index in [4.69, 9.17) is 38.9 Å². The van der Waals surface area contributed by atoms with E-state index in [1.165, 1.54) is 4.90 Å². The number of ether oxygens (including phenoxy) is 4. The van der Waals surface area contributed by atoms with Crippen LogP contribution in [0.3, 0.4) is 0 Å². The van der Waals surface area contributed by atoms with Crippen molar-refractivity contribution in [1.29, 1.82) is 0 Å². The summed E-state index contributed by atoms with van der Waals surface area (Å²) in [5, 5.41) is 0. The van der Waals surface area contributed by atoms with Gasteiger partial charge in [0.25, 0.3) is 5.82 Å². The molecular formula is C39H51N8O4+. The van der Waals surface area contributed by atoms with Gasteiger partial charge in [-0.25, -0.2) is 15.0 Å². The molecule has 12 nitrogen and oxygen atoms in total. The van der Waals surface area contributed by atoms with Crippen LogP contribution in [0.1, 0.15) is 27.7 Å². The molecule has 0 aliphatic carbocycles. The molecule has 0 amide bonds. The van der Waals surface area contributed by atoms with Gasteiger partial charge in [-0.15, -0.1) is 0 Å². The van der Waals surface area contributed by atoms with Gasteiger partial charge in [-0.1, -0.05) is 42.5 Å². The Labute approximate surface area is 301 Å². The summed E-state index contributed by atoms with van der Waals surface area (Å²) in [4.78, 5) is 28.3. The summed E-state index contributed by atoms with van der Waals surface area (Å²) in [5.41, 5.74) is 3.50. The van der Waals surface area contributed by atoms with E-state index in [1.54, 1.807) is 0 Å². The lowest BCUT2D eigenvalue weighted by molar-refractivity contribution is -0.848. The number of quaternary nitrogens is 1. The van der Waals surface area contributed by atoms with Crippen molar-refractivity contribution in [1.82, 2.24) is 19.9 Å². The van der Waals surface area contributed by atoms with E-state index in [-0.39, 0.29) is 6.17 Å². The van der Waals surface area contributed by atoms with Crippen molar-refractivity contribution in [2.75, 3.05) is 93.7 Å². The Morgan fingerprint density at radius 2 is 1.08 bits per heavy atom. The molecular weight excluding hydrogens is 644 g/mol. The van der Waals surface area contributed by atoms with Gasteiger partial charge in [-0.05, 0) is 64.1 Å². The zero-order valence-corrected chi connectivity index (χ0v) is 30.3. The molecule has 1 N–H and O–H groups in total. The van der Waals surface area contributed by atoms with Crippen molar-refractivity contribution in [3.8, 4) is 0 Å². The molecule has 2 aromatic carbocycles. The smallest absolute Gasteiger partial charge is 0.272 e. The van der Waals surface area contributed by atoms with Crippen molar-refractivity contribution in [2.45, 2.75) is 33.9 Å². The number of allylic oxidation sites excluding steroid dienone is 4. The van der Waals surface area contributed by atoms with Crippen molar-refractivity contribution in [3.05, 3.63) is 84.7 Å². The van der Waals surface area contributed by atoms with Crippen LogP contribution in [-0.4, -0.2) is 105 Å². The highest BCUT2D eigenvalue weighted by Gasteiger charge is 2.42. The molecule has 270 valence electrons. The van der Waals surface area contributed by atoms with Gasteiger partial charge in [-0.3, -0.25) is 9.80 Å². The Morgan fingerprint density at radius 1 is 0.588 bits per heavy atom. The molecule has 2 aromatic heterocycles. The number of para-hydroxylation sites is 4. The monoisotopic (exact) mass is 695 g/mol. The molecule has 2 atom stereocenters. The molecule has 0 fully saturated rings. The van der Waals surface area contributed by atoms with E-state index in [9.17, 15) is 0 Å². The number of nitrogens with one attached hydrogen (secondary N) is 1. The van der Waals surface area contributed by atoms with Crippen LogP contribution in [0.15, 0.2) is 84.7 Å². The predicted octanol–water partition coefficient (Wildman–Crippen LogP) is 4.66. The largest absolute Gasteiger partial charge is 0.380 e. The summed E-state index contributed by atoms with van der Waals surface area (Å²) >= 11 is 0. The lowest BCUT2D eigenvalue weighted by Crippen LogP contribution is -3.11. The molecule has 2 aliphatic heterocycles. The second kappa shape index (κ2) is 18.2. The van der Waals surface area contributed by atoms with Crippen LogP contribution in [0.25, 0.3) is 22.1 Å². The Kier molecular flexibility index (Phi) is 12.9. The van der Waals surface area contributed by atoms with Gasteiger partial charge in [0, 0.05) is 46.1 Å². The highest BCUT2D eigenvalue weighted by Crippen LogP contribution is 2.39. The summed E-state index contributed by atoms with van der Waals surface area (Å²) in [6.07, 6.45) is 10.6. The second-order valence-electron chi connectivity index (χ2n) is 12.0. The van der Waals surface area contributed by atoms with E-state index < -0.39 is 0 Å². The minimum absolute atomic E-state index is 0.0306. The number of benzene rings is 2. The van der Waals surface area contributed by atoms with Gasteiger partial charge in [-0.2, -0.15) is 4.98 Å². The maximum atomic E-state index is 5.83. The quantitative estimate of drug-likeness (QED) is 0.110. The first-order valence-corrected chi connectivity index (χ1v) is 18.3. The number of fused-ring (bicyclic) bond motifs is 4. The summed E-state index contributed by atoms with van der Waals surface area (Å²) in [6.45, 7) is 15.8. The van der Waals surface area contributed by atoms with Crippen LogP contribution in [0, 0.1) is 0 Å². The first-order valence-electron chi connectivity index (χ1n) is 18.3. The van der Waals surface area contributed by atoms with Gasteiger partial charge in [0.15, 0.2) is 17.8 Å². The Balaban J connectivity index is 1.31. The Morgan fingerprint density at radius 3 is 1.63 bits per heavy atom. The fourth-order valence-electron chi connectivity index (χ4n) is 6.53. The van der Waals surface area contributed by atoms with Gasteiger partial charge in [0.2, 0.25) is 5.82 Å². The first-order chi connectivity index (χ1) is 25.2. The van der Waals surface area contributed by atoms with Crippen molar-refractivity contribution in [3.63, 3.8) is 0 Å². The van der Waals surface area contributed by atoms with Crippen LogP contribution >= 0.6 is 0 Å². The molecule has 0 radical (unpaired) electrons. The summed E-state index contributed by atoms with van der Waals surface area (Å²) in [6, 6.07) is 16.1. The highest BCUT2D eigenvalue weighted by atomic mass is 16.5. The molecule has 6 rings (SSSR count). The van der Waals surface area contributed by atoms with E-state index in [1.807, 2.05) is 76.2 Å². The molecule has 2 aliphatic rings. The fourth-order valence-corrected chi connectivity index (χ4v) is 6.53. The summed E-state index contributed by atoms with van der Waals surface area (Å²) < 4.78 is 23.2. The zero-order valence-electron chi connectivity index (χ0n) is 30.3. The third-order valence-corrected chi connectivity index (χ3v) is 8.91. The fraction of sp³-hybridized carbons (Fsp3) is 0.436. The number of hydrogen-bond donors (Lipinski definition) is 1. The molecule has 0 saturated carbocycles. The summed E-state index contributed by atoms with van der Waals surface area (Å²) in [5.74, 6) is 4.48.